The van der Waals surface area contributed by atoms with Crippen molar-refractivity contribution in [1.82, 2.24) is 10.3 Å². The van der Waals surface area contributed by atoms with E-state index in [4.69, 9.17) is 5.26 Å². The second-order valence-corrected chi connectivity index (χ2v) is 4.16. The van der Waals surface area contributed by atoms with E-state index in [0.717, 1.165) is 18.7 Å². The maximum Gasteiger partial charge on any atom is 0.123 e. The predicted octanol–water partition coefficient (Wildman–Crippen LogP) is 2.42. The zero-order valence-corrected chi connectivity index (χ0v) is 10.4. The van der Waals surface area contributed by atoms with Crippen LogP contribution >= 0.6 is 0 Å². The fourth-order valence-corrected chi connectivity index (χ4v) is 1.80. The van der Waals surface area contributed by atoms with Crippen LogP contribution in [0.5, 0.6) is 0 Å². The molecule has 0 aliphatic carbocycles. The monoisotopic (exact) mass is 255 g/mol. The molecular weight excluding hydrogens is 241 g/mol. The topological polar surface area (TPSA) is 48.7 Å². The Morgan fingerprint density at radius 2 is 2.16 bits per heavy atom. The third kappa shape index (κ3) is 3.87. The van der Waals surface area contributed by atoms with Crippen molar-refractivity contribution >= 4 is 0 Å². The predicted molar refractivity (Wildman–Crippen MR) is 70.8 cm³/mol. The van der Waals surface area contributed by atoms with Crippen LogP contribution in [0.4, 0.5) is 4.39 Å². The highest BCUT2D eigenvalue weighted by atomic mass is 19.1. The minimum absolute atomic E-state index is 0.319. The number of nitriles is 1. The van der Waals surface area contributed by atoms with Gasteiger partial charge in [-0.15, -0.1) is 0 Å². The van der Waals surface area contributed by atoms with Gasteiger partial charge in [0.25, 0.3) is 0 Å². The van der Waals surface area contributed by atoms with Crippen molar-refractivity contribution in [2.24, 2.45) is 0 Å². The molecule has 1 N–H and O–H groups in total. The molecule has 0 unspecified atom stereocenters. The lowest BCUT2D eigenvalue weighted by Gasteiger charge is -2.06. The molecule has 0 aliphatic heterocycles. The van der Waals surface area contributed by atoms with E-state index < -0.39 is 0 Å². The molecule has 19 heavy (non-hydrogen) atoms. The molecular formula is C15H14FN3. The van der Waals surface area contributed by atoms with Gasteiger partial charge in [-0.2, -0.15) is 5.26 Å². The third-order valence-corrected chi connectivity index (χ3v) is 2.79. The molecule has 2 aromatic rings. The van der Waals surface area contributed by atoms with Crippen LogP contribution in [-0.4, -0.2) is 11.5 Å². The summed E-state index contributed by atoms with van der Waals surface area (Å²) in [6.07, 6.45) is 2.56. The number of hydrogen-bond acceptors (Lipinski definition) is 3. The van der Waals surface area contributed by atoms with Crippen molar-refractivity contribution in [2.75, 3.05) is 6.54 Å². The maximum atomic E-state index is 13.1. The van der Waals surface area contributed by atoms with Crippen LogP contribution in [0.3, 0.4) is 0 Å². The Kier molecular flexibility index (Phi) is 4.60. The Balaban J connectivity index is 1.86. The summed E-state index contributed by atoms with van der Waals surface area (Å²) in [5.74, 6) is -0.319. The Labute approximate surface area is 111 Å². The molecule has 1 aromatic carbocycles. The van der Waals surface area contributed by atoms with Crippen molar-refractivity contribution in [3.8, 4) is 6.07 Å². The molecule has 2 rings (SSSR count). The quantitative estimate of drug-likeness (QED) is 0.835. The summed E-state index contributed by atoms with van der Waals surface area (Å²) in [5, 5.41) is 12.1. The summed E-state index contributed by atoms with van der Waals surface area (Å²) >= 11 is 0. The van der Waals surface area contributed by atoms with E-state index >= 15 is 0 Å². The van der Waals surface area contributed by atoms with Crippen LogP contribution in [-0.2, 0) is 13.0 Å². The number of halogens is 1. The highest BCUT2D eigenvalue weighted by molar-refractivity contribution is 5.37. The van der Waals surface area contributed by atoms with Crippen molar-refractivity contribution in [3.63, 3.8) is 0 Å². The first-order chi connectivity index (χ1) is 9.29. The van der Waals surface area contributed by atoms with E-state index in [0.29, 0.717) is 17.7 Å². The molecule has 0 atom stereocenters. The van der Waals surface area contributed by atoms with Gasteiger partial charge in [0.2, 0.25) is 0 Å². The fraction of sp³-hybridized carbons (Fsp3) is 0.200. The average Bonchev–Trinajstić information content (AvgIpc) is 2.45. The minimum atomic E-state index is -0.319. The van der Waals surface area contributed by atoms with Gasteiger partial charge in [-0.05, 0) is 35.9 Å². The second-order valence-electron chi connectivity index (χ2n) is 4.16. The summed E-state index contributed by atoms with van der Waals surface area (Å²) in [7, 11) is 0. The van der Waals surface area contributed by atoms with Gasteiger partial charge in [-0.25, -0.2) is 4.39 Å². The first-order valence-electron chi connectivity index (χ1n) is 6.09. The van der Waals surface area contributed by atoms with Crippen molar-refractivity contribution in [3.05, 3.63) is 65.2 Å². The first kappa shape index (κ1) is 13.2. The molecule has 0 amide bonds. The van der Waals surface area contributed by atoms with E-state index in [1.54, 1.807) is 6.20 Å². The Bertz CT molecular complexity index is 576. The van der Waals surface area contributed by atoms with Crippen LogP contribution in [0, 0.1) is 17.1 Å². The lowest BCUT2D eigenvalue weighted by atomic mass is 10.1. The minimum Gasteiger partial charge on any atom is -0.312 e. The van der Waals surface area contributed by atoms with Crippen LogP contribution < -0.4 is 5.32 Å². The fourth-order valence-electron chi connectivity index (χ4n) is 1.80. The molecule has 0 saturated heterocycles. The van der Waals surface area contributed by atoms with Crippen molar-refractivity contribution < 1.29 is 4.39 Å². The van der Waals surface area contributed by atoms with Crippen molar-refractivity contribution in [2.45, 2.75) is 13.0 Å². The van der Waals surface area contributed by atoms with Gasteiger partial charge >= 0.3 is 0 Å². The molecule has 96 valence electrons. The highest BCUT2D eigenvalue weighted by Crippen LogP contribution is 2.10. The SMILES string of the molecule is N#Cc1ccc(F)cc1CNCCc1ccccn1. The number of nitrogens with one attached hydrogen (secondary N) is 1. The number of rotatable bonds is 5. The van der Waals surface area contributed by atoms with Gasteiger partial charge in [0, 0.05) is 31.4 Å². The van der Waals surface area contributed by atoms with Crippen LogP contribution in [0.2, 0.25) is 0 Å². The van der Waals surface area contributed by atoms with Gasteiger partial charge in [-0.1, -0.05) is 6.07 Å². The molecule has 3 nitrogen and oxygen atoms in total. The van der Waals surface area contributed by atoms with E-state index in [2.05, 4.69) is 16.4 Å². The first-order valence-corrected chi connectivity index (χ1v) is 6.09. The summed E-state index contributed by atoms with van der Waals surface area (Å²) in [6.45, 7) is 1.21. The maximum absolute atomic E-state index is 13.1. The standard InChI is InChI=1S/C15H14FN3/c16-14-5-4-12(10-17)13(9-14)11-18-8-6-15-3-1-2-7-19-15/h1-5,7,9,18H,6,8,11H2. The summed E-state index contributed by atoms with van der Waals surface area (Å²) in [5.41, 5.74) is 2.20. The van der Waals surface area contributed by atoms with Crippen LogP contribution in [0.1, 0.15) is 16.8 Å². The van der Waals surface area contributed by atoms with Gasteiger partial charge < -0.3 is 5.32 Å². The smallest absolute Gasteiger partial charge is 0.123 e. The average molecular weight is 255 g/mol. The number of benzene rings is 1. The lowest BCUT2D eigenvalue weighted by molar-refractivity contribution is 0.619. The number of hydrogen-bond donors (Lipinski definition) is 1. The molecule has 0 saturated carbocycles. The molecule has 1 aromatic heterocycles. The summed E-state index contributed by atoms with van der Waals surface area (Å²) in [6, 6.07) is 12.1. The van der Waals surface area contributed by atoms with Gasteiger partial charge in [-0.3, -0.25) is 4.98 Å². The van der Waals surface area contributed by atoms with Gasteiger partial charge in [0.05, 0.1) is 11.6 Å². The summed E-state index contributed by atoms with van der Waals surface area (Å²) in [4.78, 5) is 4.22. The zero-order chi connectivity index (χ0) is 13.5. The van der Waals surface area contributed by atoms with E-state index in [9.17, 15) is 4.39 Å². The normalized spacial score (nSPS) is 10.1. The molecule has 1 heterocycles. The van der Waals surface area contributed by atoms with Gasteiger partial charge in [0.1, 0.15) is 5.82 Å². The Morgan fingerprint density at radius 1 is 1.26 bits per heavy atom. The molecule has 0 spiro atoms. The van der Waals surface area contributed by atoms with Gasteiger partial charge in [0.15, 0.2) is 0 Å². The lowest BCUT2D eigenvalue weighted by Crippen LogP contribution is -2.17. The molecule has 0 aliphatic rings. The Morgan fingerprint density at radius 3 is 2.89 bits per heavy atom. The van der Waals surface area contributed by atoms with Crippen molar-refractivity contribution in [1.29, 1.82) is 5.26 Å². The van der Waals surface area contributed by atoms with Crippen LogP contribution in [0.15, 0.2) is 42.6 Å². The number of nitrogens with zero attached hydrogens (tertiary/aromatic N) is 2. The Hall–Kier alpha value is -2.25. The van der Waals surface area contributed by atoms with E-state index in [-0.39, 0.29) is 5.82 Å². The summed E-state index contributed by atoms with van der Waals surface area (Å²) < 4.78 is 13.1. The molecule has 0 bridgehead atoms. The zero-order valence-electron chi connectivity index (χ0n) is 10.4. The van der Waals surface area contributed by atoms with E-state index in [1.807, 2.05) is 18.2 Å². The highest BCUT2D eigenvalue weighted by Gasteiger charge is 2.03. The third-order valence-electron chi connectivity index (χ3n) is 2.79. The molecule has 0 fully saturated rings. The largest absolute Gasteiger partial charge is 0.312 e. The second kappa shape index (κ2) is 6.62. The molecule has 4 heteroatoms. The number of pyridine rings is 1. The van der Waals surface area contributed by atoms with E-state index in [1.165, 1.54) is 18.2 Å². The van der Waals surface area contributed by atoms with Crippen LogP contribution in [0.25, 0.3) is 0 Å². The number of aromatic nitrogens is 1. The molecule has 0 radical (unpaired) electrons.